The minimum atomic E-state index is 0.355. The first-order valence-corrected chi connectivity index (χ1v) is 7.23. The molecule has 0 N–H and O–H groups in total. The zero-order valence-corrected chi connectivity index (χ0v) is 11.2. The second-order valence-electron chi connectivity index (χ2n) is 2.38. The van der Waals surface area contributed by atoms with Gasteiger partial charge in [0.15, 0.2) is 0 Å². The lowest BCUT2D eigenvalue weighted by atomic mass is 10.5. The van der Waals surface area contributed by atoms with Crippen LogP contribution >= 0.6 is 44.6 Å². The first-order chi connectivity index (χ1) is 5.77. The van der Waals surface area contributed by atoms with Gasteiger partial charge < -0.3 is 7.80 Å². The molecule has 0 amide bonds. The van der Waals surface area contributed by atoms with Crippen LogP contribution in [-0.2, 0) is 7.80 Å². The topological polar surface area (TPSA) is 18.5 Å². The van der Waals surface area contributed by atoms with E-state index in [1.54, 1.807) is 0 Å². The lowest BCUT2D eigenvalue weighted by molar-refractivity contribution is 0.0921. The quantitative estimate of drug-likeness (QED) is 0.388. The van der Waals surface area contributed by atoms with E-state index in [0.29, 0.717) is 6.10 Å². The molecule has 0 saturated carbocycles. The molecule has 0 atom stereocenters. The Bertz CT molecular complexity index is 93.5. The third kappa shape index (κ3) is 11.4. The molecule has 12 heavy (non-hydrogen) atoms. The molecule has 0 fully saturated rings. The van der Waals surface area contributed by atoms with Crippen molar-refractivity contribution in [2.75, 3.05) is 24.7 Å². The van der Waals surface area contributed by atoms with Gasteiger partial charge in [-0.25, -0.2) is 0 Å². The van der Waals surface area contributed by atoms with Crippen molar-refractivity contribution in [2.45, 2.75) is 20.0 Å². The number of halogens is 1. The van der Waals surface area contributed by atoms with Gasteiger partial charge >= 0.3 is 0 Å². The highest BCUT2D eigenvalue weighted by Gasteiger charge is 1.93. The molecule has 74 valence electrons. The smallest absolute Gasteiger partial charge is 0.109 e. The number of rotatable bonds is 8. The van der Waals surface area contributed by atoms with Crippen LogP contribution in [0.25, 0.3) is 0 Å². The van der Waals surface area contributed by atoms with Crippen LogP contribution in [0, 0.1) is 0 Å². The second kappa shape index (κ2) is 10.4. The SMILES string of the molecule is CC(C)OCCSSCCOI. The van der Waals surface area contributed by atoms with Crippen molar-refractivity contribution in [1.29, 1.82) is 0 Å². The van der Waals surface area contributed by atoms with Gasteiger partial charge in [0.1, 0.15) is 23.0 Å². The van der Waals surface area contributed by atoms with E-state index in [1.807, 2.05) is 44.6 Å². The fraction of sp³-hybridized carbons (Fsp3) is 1.00. The van der Waals surface area contributed by atoms with Gasteiger partial charge in [0, 0.05) is 11.5 Å². The van der Waals surface area contributed by atoms with Crippen molar-refractivity contribution in [3.05, 3.63) is 0 Å². The molecule has 0 heterocycles. The van der Waals surface area contributed by atoms with Crippen molar-refractivity contribution in [3.8, 4) is 0 Å². The van der Waals surface area contributed by atoms with Crippen LogP contribution in [0.1, 0.15) is 13.8 Å². The standard InChI is InChI=1S/C7H15IO2S2/c1-7(2)9-3-5-11-12-6-4-10-8/h7H,3-6H2,1-2H3. The van der Waals surface area contributed by atoms with E-state index >= 15 is 0 Å². The van der Waals surface area contributed by atoms with Crippen LogP contribution in [0.5, 0.6) is 0 Å². The zero-order valence-electron chi connectivity index (χ0n) is 7.42. The van der Waals surface area contributed by atoms with Gasteiger partial charge in [-0.2, -0.15) is 0 Å². The molecule has 0 rings (SSSR count). The molecule has 0 aromatic heterocycles. The highest BCUT2D eigenvalue weighted by atomic mass is 127. The normalized spacial score (nSPS) is 11.0. The fourth-order valence-electron chi connectivity index (χ4n) is 0.501. The molecule has 0 radical (unpaired) electrons. The predicted molar refractivity (Wildman–Crippen MR) is 66.0 cm³/mol. The van der Waals surface area contributed by atoms with Crippen LogP contribution in [0.3, 0.4) is 0 Å². The molecule has 0 bridgehead atoms. The monoisotopic (exact) mass is 322 g/mol. The molecule has 0 spiro atoms. The van der Waals surface area contributed by atoms with Gasteiger partial charge in [0.05, 0.1) is 19.3 Å². The molecule has 0 aliphatic rings. The van der Waals surface area contributed by atoms with Crippen LogP contribution in [0.4, 0.5) is 0 Å². The van der Waals surface area contributed by atoms with Gasteiger partial charge in [0.2, 0.25) is 0 Å². The Morgan fingerprint density at radius 1 is 1.17 bits per heavy atom. The van der Waals surface area contributed by atoms with Crippen LogP contribution in [0.2, 0.25) is 0 Å². The Morgan fingerprint density at radius 2 is 1.75 bits per heavy atom. The largest absolute Gasteiger partial charge is 0.378 e. The summed E-state index contributed by atoms with van der Waals surface area (Å²) in [6, 6.07) is 0. The van der Waals surface area contributed by atoms with E-state index in [0.717, 1.165) is 24.7 Å². The van der Waals surface area contributed by atoms with Crippen LogP contribution < -0.4 is 0 Å². The van der Waals surface area contributed by atoms with Gasteiger partial charge in [-0.15, -0.1) is 0 Å². The summed E-state index contributed by atoms with van der Waals surface area (Å²) in [5, 5.41) is 0. The number of hydrogen-bond donors (Lipinski definition) is 0. The second-order valence-corrected chi connectivity index (χ2v) is 5.70. The van der Waals surface area contributed by atoms with Crippen molar-refractivity contribution < 1.29 is 7.80 Å². The molecule has 5 heteroatoms. The average Bonchev–Trinajstić information content (AvgIpc) is 2.02. The minimum absolute atomic E-state index is 0.355. The summed E-state index contributed by atoms with van der Waals surface area (Å²) in [5.41, 5.74) is 0. The maximum Gasteiger partial charge on any atom is 0.109 e. The molecule has 0 aliphatic carbocycles. The highest BCUT2D eigenvalue weighted by Crippen LogP contribution is 2.20. The predicted octanol–water partition coefficient (Wildman–Crippen LogP) is 3.16. The third-order valence-corrected chi connectivity index (χ3v) is 3.72. The highest BCUT2D eigenvalue weighted by molar-refractivity contribution is 14.1. The van der Waals surface area contributed by atoms with Crippen molar-refractivity contribution in [2.24, 2.45) is 0 Å². The summed E-state index contributed by atoms with van der Waals surface area (Å²) >= 11 is 1.92. The van der Waals surface area contributed by atoms with E-state index in [9.17, 15) is 0 Å². The third-order valence-electron chi connectivity index (χ3n) is 0.945. The molecule has 0 aromatic carbocycles. The van der Waals surface area contributed by atoms with Crippen LogP contribution in [0.15, 0.2) is 0 Å². The Morgan fingerprint density at radius 3 is 2.25 bits per heavy atom. The van der Waals surface area contributed by atoms with Crippen LogP contribution in [-0.4, -0.2) is 30.8 Å². The number of hydrogen-bond acceptors (Lipinski definition) is 4. The minimum Gasteiger partial charge on any atom is -0.378 e. The van der Waals surface area contributed by atoms with Gasteiger partial charge in [0.25, 0.3) is 0 Å². The maximum atomic E-state index is 5.38. The molecule has 2 nitrogen and oxygen atoms in total. The zero-order chi connectivity index (χ0) is 9.23. The van der Waals surface area contributed by atoms with Gasteiger partial charge in [-0.05, 0) is 13.8 Å². The van der Waals surface area contributed by atoms with Crippen molar-refractivity contribution >= 4 is 44.6 Å². The summed E-state index contributed by atoms with van der Waals surface area (Å²) < 4.78 is 10.3. The van der Waals surface area contributed by atoms with E-state index in [1.165, 1.54) is 0 Å². The lowest BCUT2D eigenvalue weighted by Crippen LogP contribution is -2.04. The summed E-state index contributed by atoms with van der Waals surface area (Å²) in [7, 11) is 3.68. The number of ether oxygens (including phenoxy) is 1. The molecule has 0 unspecified atom stereocenters. The van der Waals surface area contributed by atoms with E-state index < -0.39 is 0 Å². The Labute approximate surface area is 96.6 Å². The van der Waals surface area contributed by atoms with E-state index in [-0.39, 0.29) is 0 Å². The van der Waals surface area contributed by atoms with Gasteiger partial charge in [-0.1, -0.05) is 21.6 Å². The maximum absolute atomic E-state index is 5.38. The van der Waals surface area contributed by atoms with E-state index in [2.05, 4.69) is 13.8 Å². The average molecular weight is 322 g/mol. The molecule has 0 aliphatic heterocycles. The molecule has 0 aromatic rings. The Balaban J connectivity index is 2.82. The lowest BCUT2D eigenvalue weighted by Gasteiger charge is -2.05. The Hall–Kier alpha value is 1.35. The molecular formula is C7H15IO2S2. The fourth-order valence-corrected chi connectivity index (χ4v) is 2.69. The summed E-state index contributed by atoms with van der Waals surface area (Å²) in [5.74, 6) is 2.11. The first-order valence-electron chi connectivity index (χ1n) is 3.87. The van der Waals surface area contributed by atoms with Gasteiger partial charge in [-0.3, -0.25) is 0 Å². The first kappa shape index (κ1) is 13.4. The van der Waals surface area contributed by atoms with Crippen molar-refractivity contribution in [3.63, 3.8) is 0 Å². The molecular weight excluding hydrogens is 307 g/mol. The summed E-state index contributed by atoms with van der Waals surface area (Å²) in [6.07, 6.45) is 0.355. The summed E-state index contributed by atoms with van der Waals surface area (Å²) in [4.78, 5) is 0. The molecule has 0 saturated heterocycles. The summed E-state index contributed by atoms with van der Waals surface area (Å²) in [6.45, 7) is 5.78. The van der Waals surface area contributed by atoms with Crippen molar-refractivity contribution in [1.82, 2.24) is 0 Å². The Kier molecular flexibility index (Phi) is 11.6. The van der Waals surface area contributed by atoms with E-state index in [4.69, 9.17) is 7.80 Å².